The van der Waals surface area contributed by atoms with Crippen LogP contribution in [0.1, 0.15) is 0 Å². The van der Waals surface area contributed by atoms with E-state index in [1.807, 2.05) is 0 Å². The summed E-state index contributed by atoms with van der Waals surface area (Å²) in [6.45, 7) is 0. The largest absolute Gasteiger partial charge is 0.448 e. The van der Waals surface area contributed by atoms with Crippen LogP contribution in [0.3, 0.4) is 0 Å². The van der Waals surface area contributed by atoms with Gasteiger partial charge in [-0.2, -0.15) is 0 Å². The van der Waals surface area contributed by atoms with Gasteiger partial charge in [0.1, 0.15) is 0 Å². The molecule has 3 heteroatoms. The Morgan fingerprint density at radius 1 is 1.75 bits per heavy atom. The zero-order valence-corrected chi connectivity index (χ0v) is 6.91. The van der Waals surface area contributed by atoms with Gasteiger partial charge in [-0.3, -0.25) is 22.6 Å². The smallest absolute Gasteiger partial charge is 0 e. The molecule has 0 aliphatic rings. The van der Waals surface area contributed by atoms with E-state index in [0.29, 0.717) is 4.68 Å². The van der Waals surface area contributed by atoms with E-state index >= 15 is 0 Å². The Morgan fingerprint density at radius 2 is 1.75 bits per heavy atom. The van der Waals surface area contributed by atoms with Gasteiger partial charge in [0, 0.05) is 32.7 Å². The van der Waals surface area contributed by atoms with E-state index in [1.54, 1.807) is 0 Å². The van der Waals surface area contributed by atoms with E-state index in [1.165, 1.54) is 22.6 Å². The molecule has 0 unspecified atom stereocenters. The van der Waals surface area contributed by atoms with Crippen LogP contribution in [0, 0.1) is 4.68 Å². The molecule has 0 saturated carbocycles. The van der Waals surface area contributed by atoms with Crippen LogP contribution in [0.5, 0.6) is 0 Å². The summed E-state index contributed by atoms with van der Waals surface area (Å²) in [7, 11) is 0. The minimum Gasteiger partial charge on any atom is -0.448 e. The molecule has 0 amide bonds. The molecule has 0 atom stereocenters. The first-order valence-electron chi connectivity index (χ1n) is 0.436. The van der Waals surface area contributed by atoms with Crippen molar-refractivity contribution in [3.63, 3.8) is 0 Å². The summed E-state index contributed by atoms with van der Waals surface area (Å²) in [4.78, 5) is 0. The van der Waals surface area contributed by atoms with Gasteiger partial charge >= 0.3 is 0 Å². The summed E-state index contributed by atoms with van der Waals surface area (Å²) in [6, 6.07) is 0. The Labute approximate surface area is 63.6 Å². The number of hydrogen-bond donors (Lipinski definition) is 0. The van der Waals surface area contributed by atoms with Crippen molar-refractivity contribution >= 4 is 22.6 Å². The van der Waals surface area contributed by atoms with Crippen molar-refractivity contribution in [2.45, 2.75) is 0 Å². The van der Waals surface area contributed by atoms with Crippen LogP contribution < -0.4 is 0 Å². The third kappa shape index (κ3) is 9.24. The van der Waals surface area contributed by atoms with Crippen LogP contribution in [-0.4, -0.2) is 0 Å². The van der Waals surface area contributed by atoms with Gasteiger partial charge < -0.3 is 4.39 Å². The molecular weight excluding hydrogens is 247 g/mol. The minimum absolute atomic E-state index is 0. The summed E-state index contributed by atoms with van der Waals surface area (Å²) in [5, 5.41) is 0. The first-order chi connectivity index (χ1) is 1.41. The zero-order chi connectivity index (χ0) is 2.71. The standard InChI is InChI=1S/CHFI.Y/c2-1-3;/h1H;/q-1;. The maximum Gasteiger partial charge on any atom is 0 e. The van der Waals surface area contributed by atoms with Crippen molar-refractivity contribution in [2.75, 3.05) is 0 Å². The van der Waals surface area contributed by atoms with Crippen molar-refractivity contribution in [1.29, 1.82) is 0 Å². The first kappa shape index (κ1) is 9.23. The molecular formula is CHFIY-. The molecule has 0 fully saturated rings. The van der Waals surface area contributed by atoms with Crippen molar-refractivity contribution in [3.8, 4) is 0 Å². The molecule has 23 valence electrons. The van der Waals surface area contributed by atoms with Crippen molar-refractivity contribution in [3.05, 3.63) is 4.68 Å². The minimum atomic E-state index is 0. The molecule has 1 radical (unpaired) electrons. The number of halogens is 2. The van der Waals surface area contributed by atoms with Crippen LogP contribution >= 0.6 is 22.6 Å². The summed E-state index contributed by atoms with van der Waals surface area (Å²) < 4.78 is 10.6. The molecule has 0 bridgehead atoms. The van der Waals surface area contributed by atoms with Gasteiger partial charge in [0.2, 0.25) is 0 Å². The molecule has 0 aromatic heterocycles. The fraction of sp³-hybridized carbons (Fsp3) is 0. The Kier molecular flexibility index (Phi) is 20.4. The van der Waals surface area contributed by atoms with Crippen LogP contribution in [-0.2, 0) is 32.7 Å². The molecule has 0 aromatic rings. The van der Waals surface area contributed by atoms with Crippen molar-refractivity contribution < 1.29 is 37.1 Å². The molecule has 4 heavy (non-hydrogen) atoms. The predicted molar refractivity (Wildman–Crippen MR) is 19.4 cm³/mol. The number of rotatable bonds is 0. The first-order valence-corrected chi connectivity index (χ1v) is 1.68. The molecule has 0 heterocycles. The summed E-state index contributed by atoms with van der Waals surface area (Å²) in [5.41, 5.74) is 0. The Hall–Kier alpha value is 1.76. The van der Waals surface area contributed by atoms with E-state index in [4.69, 9.17) is 0 Å². The molecule has 0 nitrogen and oxygen atoms in total. The third-order valence-corrected chi connectivity index (χ3v) is 0. The SMILES string of the molecule is F[CH-]I.[Y]. The second-order valence-electron chi connectivity index (χ2n) is 0.0825. The molecule has 0 spiro atoms. The second kappa shape index (κ2) is 8.83. The van der Waals surface area contributed by atoms with Crippen molar-refractivity contribution in [1.82, 2.24) is 0 Å². The normalized spacial score (nSPS) is 4.50. The number of hydrogen-bond acceptors (Lipinski definition) is 0. The molecule has 0 aromatic carbocycles. The summed E-state index contributed by atoms with van der Waals surface area (Å²) >= 11 is 1.50. The molecule has 0 rings (SSSR count). The van der Waals surface area contributed by atoms with E-state index < -0.39 is 0 Å². The summed E-state index contributed by atoms with van der Waals surface area (Å²) in [5.74, 6) is 0. The average molecular weight is 248 g/mol. The van der Waals surface area contributed by atoms with Gasteiger partial charge in [-0.15, -0.1) is 4.68 Å². The van der Waals surface area contributed by atoms with E-state index in [2.05, 4.69) is 0 Å². The van der Waals surface area contributed by atoms with E-state index in [9.17, 15) is 4.39 Å². The summed E-state index contributed by atoms with van der Waals surface area (Å²) in [6.07, 6.45) is 0. The van der Waals surface area contributed by atoms with Crippen LogP contribution in [0.4, 0.5) is 4.39 Å². The topological polar surface area (TPSA) is 0 Å². The van der Waals surface area contributed by atoms with E-state index in [0.717, 1.165) is 0 Å². The predicted octanol–water partition coefficient (Wildman–Crippen LogP) is 1.51. The average Bonchev–Trinajstić information content (AvgIpc) is 0.918. The molecule has 0 saturated heterocycles. The molecule has 0 aliphatic heterocycles. The van der Waals surface area contributed by atoms with Crippen LogP contribution in [0.25, 0.3) is 0 Å². The molecule has 0 aliphatic carbocycles. The maximum atomic E-state index is 10.2. The monoisotopic (exact) mass is 248 g/mol. The van der Waals surface area contributed by atoms with Crippen molar-refractivity contribution in [2.24, 2.45) is 0 Å². The van der Waals surface area contributed by atoms with Gasteiger partial charge in [0.05, 0.1) is 0 Å². The zero-order valence-electron chi connectivity index (χ0n) is 1.91. The van der Waals surface area contributed by atoms with Gasteiger partial charge in [0.25, 0.3) is 0 Å². The van der Waals surface area contributed by atoms with Gasteiger partial charge in [0.15, 0.2) is 0 Å². The maximum absolute atomic E-state index is 10.2. The fourth-order valence-electron chi connectivity index (χ4n) is 0. The van der Waals surface area contributed by atoms with Gasteiger partial charge in [-0.25, -0.2) is 0 Å². The van der Waals surface area contributed by atoms with E-state index in [-0.39, 0.29) is 32.7 Å². The quantitative estimate of drug-likeness (QED) is 0.450. The van der Waals surface area contributed by atoms with Gasteiger partial charge in [-0.05, 0) is 0 Å². The Morgan fingerprint density at radius 3 is 1.75 bits per heavy atom. The van der Waals surface area contributed by atoms with Gasteiger partial charge in [-0.1, -0.05) is 0 Å². The third-order valence-electron chi connectivity index (χ3n) is 0. The second-order valence-corrected chi connectivity index (χ2v) is 0.553. The van der Waals surface area contributed by atoms with Crippen LogP contribution in [0.2, 0.25) is 0 Å². The Balaban J connectivity index is 0. The van der Waals surface area contributed by atoms with Crippen LogP contribution in [0.15, 0.2) is 0 Å². The fourth-order valence-corrected chi connectivity index (χ4v) is 0. The Bertz CT molecular complexity index is 8.00. The molecule has 0 N–H and O–H groups in total.